The number of benzene rings is 1. The second kappa shape index (κ2) is 9.09. The lowest BCUT2D eigenvalue weighted by Gasteiger charge is -2.19. The number of nitrogens with zero attached hydrogens (tertiary/aromatic N) is 5. The lowest BCUT2D eigenvalue weighted by atomic mass is 10.2. The number of hydrogen-bond donors (Lipinski definition) is 2. The highest BCUT2D eigenvalue weighted by Gasteiger charge is 2.33. The van der Waals surface area contributed by atoms with E-state index in [0.29, 0.717) is 61.3 Å². The second-order valence-electron chi connectivity index (χ2n) is 7.73. The highest BCUT2D eigenvalue weighted by atomic mass is 19.1. The zero-order valence-electron chi connectivity index (χ0n) is 18.3. The number of hydrogen-bond acceptors (Lipinski definition) is 10. The Morgan fingerprint density at radius 2 is 2.18 bits per heavy atom. The predicted octanol–water partition coefficient (Wildman–Crippen LogP) is 0.661. The molecule has 5 rings (SSSR count). The van der Waals surface area contributed by atoms with Gasteiger partial charge in [-0.15, -0.1) is 0 Å². The standard InChI is InChI=1S/C21H22FN7O5/c1-28-16(30)10-25-14-3-2-13(22)18(17(14)28)32-6-4-23-8-12-11-29(21(31)34-12)15-9-26-20-19(27-15)24-5-7-33-20/h2-3,9-10,12,23H,4-8,11H2,1H3,(H,24,27). The Kier molecular flexibility index (Phi) is 5.84. The summed E-state index contributed by atoms with van der Waals surface area (Å²) < 4.78 is 32.1. The number of anilines is 2. The van der Waals surface area contributed by atoms with Crippen molar-refractivity contribution in [3.63, 3.8) is 0 Å². The van der Waals surface area contributed by atoms with E-state index in [1.54, 1.807) is 0 Å². The van der Waals surface area contributed by atoms with Gasteiger partial charge in [0.05, 0.1) is 31.0 Å². The van der Waals surface area contributed by atoms with Crippen LogP contribution in [0.3, 0.4) is 0 Å². The Morgan fingerprint density at radius 3 is 3.06 bits per heavy atom. The summed E-state index contributed by atoms with van der Waals surface area (Å²) in [5, 5.41) is 6.21. The summed E-state index contributed by atoms with van der Waals surface area (Å²) in [6, 6.07) is 2.74. The normalized spacial score (nSPS) is 17.2. The minimum Gasteiger partial charge on any atom is -0.487 e. The van der Waals surface area contributed by atoms with Crippen molar-refractivity contribution in [3.8, 4) is 11.6 Å². The van der Waals surface area contributed by atoms with E-state index in [1.807, 2.05) is 0 Å². The van der Waals surface area contributed by atoms with Crippen LogP contribution in [0.15, 0.2) is 29.3 Å². The van der Waals surface area contributed by atoms with Gasteiger partial charge in [-0.25, -0.2) is 24.1 Å². The van der Waals surface area contributed by atoms with Gasteiger partial charge >= 0.3 is 6.09 Å². The molecule has 1 aromatic carbocycles. The molecule has 1 fully saturated rings. The smallest absolute Gasteiger partial charge is 0.416 e. The number of amides is 1. The van der Waals surface area contributed by atoms with Crippen LogP contribution in [0.1, 0.15) is 0 Å². The van der Waals surface area contributed by atoms with Gasteiger partial charge in [-0.05, 0) is 12.1 Å². The monoisotopic (exact) mass is 471 g/mol. The molecule has 3 aromatic rings. The van der Waals surface area contributed by atoms with Gasteiger partial charge < -0.3 is 29.4 Å². The average molecular weight is 471 g/mol. The highest BCUT2D eigenvalue weighted by molar-refractivity contribution is 5.88. The number of fused-ring (bicyclic) bond motifs is 2. The number of rotatable bonds is 7. The van der Waals surface area contributed by atoms with Crippen LogP contribution in [-0.2, 0) is 11.8 Å². The van der Waals surface area contributed by atoms with Crippen LogP contribution in [0.5, 0.6) is 11.6 Å². The van der Waals surface area contributed by atoms with Crippen molar-refractivity contribution in [3.05, 3.63) is 40.7 Å². The number of carbonyl (C=O) groups excluding carboxylic acids is 1. The van der Waals surface area contributed by atoms with Gasteiger partial charge in [-0.1, -0.05) is 0 Å². The molecule has 2 N–H and O–H groups in total. The average Bonchev–Trinajstić information content (AvgIpc) is 3.22. The highest BCUT2D eigenvalue weighted by Crippen LogP contribution is 2.28. The van der Waals surface area contributed by atoms with Crippen molar-refractivity contribution < 1.29 is 23.4 Å². The summed E-state index contributed by atoms with van der Waals surface area (Å²) in [4.78, 5) is 38.2. The molecule has 1 saturated heterocycles. The SMILES string of the molecule is Cn1c(=O)cnc2ccc(F)c(OCCNCC3CN(c4cnc5c(n4)NCCO5)C(=O)O3)c21. The lowest BCUT2D eigenvalue weighted by molar-refractivity contribution is 0.139. The van der Waals surface area contributed by atoms with Crippen LogP contribution in [0.25, 0.3) is 11.0 Å². The van der Waals surface area contributed by atoms with Crippen molar-refractivity contribution >= 4 is 28.8 Å². The molecule has 12 nitrogen and oxygen atoms in total. The molecule has 0 radical (unpaired) electrons. The lowest BCUT2D eigenvalue weighted by Crippen LogP contribution is -2.33. The fourth-order valence-corrected chi connectivity index (χ4v) is 3.76. The van der Waals surface area contributed by atoms with Crippen LogP contribution in [0.2, 0.25) is 0 Å². The van der Waals surface area contributed by atoms with E-state index in [0.717, 1.165) is 0 Å². The van der Waals surface area contributed by atoms with Crippen molar-refractivity contribution in [2.75, 3.05) is 49.6 Å². The summed E-state index contributed by atoms with van der Waals surface area (Å²) in [5.41, 5.74) is 0.385. The van der Waals surface area contributed by atoms with E-state index < -0.39 is 18.0 Å². The molecule has 2 aliphatic rings. The maximum Gasteiger partial charge on any atom is 0.416 e. The zero-order valence-corrected chi connectivity index (χ0v) is 18.3. The van der Waals surface area contributed by atoms with Gasteiger partial charge in [0, 0.05) is 20.1 Å². The third-order valence-corrected chi connectivity index (χ3v) is 5.45. The van der Waals surface area contributed by atoms with Crippen molar-refractivity contribution in [2.45, 2.75) is 6.10 Å². The fraction of sp³-hybridized carbons (Fsp3) is 0.381. The zero-order chi connectivity index (χ0) is 23.7. The Bertz CT molecular complexity index is 1300. The number of nitrogens with one attached hydrogen (secondary N) is 2. The van der Waals surface area contributed by atoms with E-state index >= 15 is 0 Å². The van der Waals surface area contributed by atoms with Crippen molar-refractivity contribution in [1.29, 1.82) is 0 Å². The van der Waals surface area contributed by atoms with Crippen LogP contribution < -0.4 is 30.6 Å². The molecule has 4 heterocycles. The molecule has 34 heavy (non-hydrogen) atoms. The number of cyclic esters (lactones) is 1. The fourth-order valence-electron chi connectivity index (χ4n) is 3.76. The van der Waals surface area contributed by atoms with E-state index in [9.17, 15) is 14.0 Å². The van der Waals surface area contributed by atoms with E-state index in [1.165, 1.54) is 41.0 Å². The van der Waals surface area contributed by atoms with E-state index in [4.69, 9.17) is 14.2 Å². The summed E-state index contributed by atoms with van der Waals surface area (Å²) >= 11 is 0. The molecule has 0 bridgehead atoms. The number of halogens is 1. The summed E-state index contributed by atoms with van der Waals surface area (Å²) in [5.74, 6) is 0.650. The van der Waals surface area contributed by atoms with Crippen LogP contribution >= 0.6 is 0 Å². The van der Waals surface area contributed by atoms with E-state index in [-0.39, 0.29) is 17.9 Å². The van der Waals surface area contributed by atoms with Gasteiger partial charge in [0.25, 0.3) is 11.4 Å². The van der Waals surface area contributed by atoms with Crippen molar-refractivity contribution in [1.82, 2.24) is 24.8 Å². The van der Waals surface area contributed by atoms with Crippen LogP contribution in [-0.4, -0.2) is 71.1 Å². The number of aryl methyl sites for hydroxylation is 1. The summed E-state index contributed by atoms with van der Waals surface area (Å²) in [6.45, 7) is 2.27. The first kappa shape index (κ1) is 21.8. The molecule has 2 aromatic heterocycles. The minimum atomic E-state index is -0.582. The Morgan fingerprint density at radius 1 is 1.29 bits per heavy atom. The maximum absolute atomic E-state index is 14.4. The molecule has 0 spiro atoms. The Hall–Kier alpha value is -4.00. The molecular weight excluding hydrogens is 449 g/mol. The molecule has 0 aliphatic carbocycles. The van der Waals surface area contributed by atoms with Gasteiger partial charge in [-0.3, -0.25) is 9.69 Å². The Balaban J connectivity index is 1.15. The molecule has 1 unspecified atom stereocenters. The third-order valence-electron chi connectivity index (χ3n) is 5.45. The van der Waals surface area contributed by atoms with Crippen LogP contribution in [0.4, 0.5) is 20.8 Å². The quantitative estimate of drug-likeness (QED) is 0.474. The van der Waals surface area contributed by atoms with Gasteiger partial charge in [0.15, 0.2) is 23.2 Å². The van der Waals surface area contributed by atoms with Crippen LogP contribution in [0, 0.1) is 5.82 Å². The first-order chi connectivity index (χ1) is 16.5. The summed E-state index contributed by atoms with van der Waals surface area (Å²) in [7, 11) is 1.53. The van der Waals surface area contributed by atoms with E-state index in [2.05, 4.69) is 25.6 Å². The first-order valence-electron chi connectivity index (χ1n) is 10.7. The number of carbonyl (C=O) groups is 1. The topological polar surface area (TPSA) is 133 Å². The molecule has 0 saturated carbocycles. The number of aromatic nitrogens is 4. The minimum absolute atomic E-state index is 0.0333. The molecule has 1 amide bonds. The number of ether oxygens (including phenoxy) is 3. The molecule has 1 atom stereocenters. The maximum atomic E-state index is 14.4. The van der Waals surface area contributed by atoms with Gasteiger partial charge in [-0.2, -0.15) is 0 Å². The Labute approximate surface area is 192 Å². The third kappa shape index (κ3) is 4.17. The van der Waals surface area contributed by atoms with Gasteiger partial charge in [0.1, 0.15) is 24.8 Å². The second-order valence-corrected chi connectivity index (χ2v) is 7.73. The summed E-state index contributed by atoms with van der Waals surface area (Å²) in [6.07, 6.45) is 1.73. The van der Waals surface area contributed by atoms with Crippen molar-refractivity contribution in [2.24, 2.45) is 7.05 Å². The molecule has 13 heteroatoms. The molecule has 178 valence electrons. The molecule has 2 aliphatic heterocycles. The predicted molar refractivity (Wildman–Crippen MR) is 119 cm³/mol. The van der Waals surface area contributed by atoms with Gasteiger partial charge in [0.2, 0.25) is 0 Å². The molecular formula is C21H22FN7O5. The largest absolute Gasteiger partial charge is 0.487 e. The first-order valence-corrected chi connectivity index (χ1v) is 10.7.